The number of pyridine rings is 2. The van der Waals surface area contributed by atoms with Crippen LogP contribution in [0.1, 0.15) is 0 Å². The fourth-order valence-corrected chi connectivity index (χ4v) is 12.8. The van der Waals surface area contributed by atoms with Gasteiger partial charge in [-0.3, -0.25) is 9.97 Å². The molecule has 14 aromatic carbocycles. The third kappa shape index (κ3) is 7.64. The van der Waals surface area contributed by atoms with Crippen LogP contribution in [0.2, 0.25) is 0 Å². The molecule has 2 nitrogen and oxygen atoms in total. The second-order valence-corrected chi connectivity index (χ2v) is 21.2. The van der Waals surface area contributed by atoms with Crippen molar-refractivity contribution in [3.63, 3.8) is 0 Å². The van der Waals surface area contributed by atoms with Crippen LogP contribution in [0.25, 0.3) is 164 Å². The lowest BCUT2D eigenvalue weighted by Gasteiger charge is -2.18. The van der Waals surface area contributed by atoms with E-state index in [1.165, 1.54) is 131 Å². The second-order valence-electron chi connectivity index (χ2n) is 21.2. The number of benzene rings is 14. The van der Waals surface area contributed by atoms with E-state index in [2.05, 4.69) is 285 Å². The highest BCUT2D eigenvalue weighted by atomic mass is 14.7. The molecule has 0 saturated heterocycles. The molecule has 370 valence electrons. The van der Waals surface area contributed by atoms with Gasteiger partial charge in [0.15, 0.2) is 0 Å². The molecule has 2 heteroatoms. The Bertz CT molecular complexity index is 5060. The Morgan fingerprint density at radius 2 is 0.388 bits per heavy atom. The molecule has 0 unspecified atom stereocenters. The van der Waals surface area contributed by atoms with Gasteiger partial charge >= 0.3 is 0 Å². The Morgan fingerprint density at radius 1 is 0.163 bits per heavy atom. The summed E-state index contributed by atoms with van der Waals surface area (Å²) in [6.07, 6.45) is 4.10. The maximum absolute atomic E-state index is 5.14. The van der Waals surface area contributed by atoms with Gasteiger partial charge < -0.3 is 0 Å². The van der Waals surface area contributed by atoms with Crippen LogP contribution in [0, 0.1) is 0 Å². The van der Waals surface area contributed by atoms with Crippen molar-refractivity contribution >= 4 is 86.2 Å². The van der Waals surface area contributed by atoms with Gasteiger partial charge in [0.05, 0.1) is 11.4 Å². The van der Waals surface area contributed by atoms with Gasteiger partial charge in [0, 0.05) is 34.6 Å². The van der Waals surface area contributed by atoms with E-state index in [0.29, 0.717) is 0 Å². The van der Waals surface area contributed by atoms with Crippen LogP contribution in [0.15, 0.2) is 291 Å². The Morgan fingerprint density at radius 3 is 0.713 bits per heavy atom. The summed E-state index contributed by atoms with van der Waals surface area (Å²) in [7, 11) is 0. The Labute approximate surface area is 463 Å². The minimum absolute atomic E-state index is 0.951. The summed E-state index contributed by atoms with van der Waals surface area (Å²) in [5, 5.41) is 19.5. The fourth-order valence-electron chi connectivity index (χ4n) is 12.8. The average Bonchev–Trinajstić information content (AvgIpc) is 3.69. The first-order valence-corrected chi connectivity index (χ1v) is 27.5. The highest BCUT2D eigenvalue weighted by Crippen LogP contribution is 2.46. The van der Waals surface area contributed by atoms with Crippen molar-refractivity contribution < 1.29 is 0 Å². The molecule has 0 saturated carbocycles. The minimum atomic E-state index is 0.951. The SMILES string of the molecule is c1ccc2cc(-c3ccc(-c4c5ccccc5c(-c5ccc6cc(-c7ccc8cc(-c9ccc(-c%10c%11ccccc%11c(-c%11ccc%12ccccc%12c%11)c%11ccccc%10%11)cn9)ccc8c7)ccc6c5)c5ccccc45)cn3)ccc2c1. The molecule has 0 atom stereocenters. The lowest BCUT2D eigenvalue weighted by molar-refractivity contribution is 1.33. The van der Waals surface area contributed by atoms with Gasteiger partial charge in [0.1, 0.15) is 0 Å². The van der Waals surface area contributed by atoms with Gasteiger partial charge in [-0.05, 0) is 179 Å². The van der Waals surface area contributed by atoms with Crippen molar-refractivity contribution in [2.45, 2.75) is 0 Å². The quantitative estimate of drug-likeness (QED) is 0.149. The summed E-state index contributed by atoms with van der Waals surface area (Å²) in [6, 6.07) is 102. The van der Waals surface area contributed by atoms with Gasteiger partial charge in [-0.2, -0.15) is 0 Å². The minimum Gasteiger partial charge on any atom is -0.256 e. The summed E-state index contributed by atoms with van der Waals surface area (Å²) in [5.74, 6) is 0. The molecule has 0 fully saturated rings. The maximum atomic E-state index is 5.14. The average molecular weight is 1010 g/mol. The molecule has 0 N–H and O–H groups in total. The van der Waals surface area contributed by atoms with Crippen molar-refractivity contribution in [3.8, 4) is 78.1 Å². The molecule has 0 aliphatic carbocycles. The normalized spacial score (nSPS) is 11.8. The largest absolute Gasteiger partial charge is 0.256 e. The molecule has 0 amide bonds. The molecule has 0 aliphatic rings. The zero-order chi connectivity index (χ0) is 52.7. The van der Waals surface area contributed by atoms with Crippen molar-refractivity contribution in [3.05, 3.63) is 291 Å². The van der Waals surface area contributed by atoms with Crippen LogP contribution < -0.4 is 0 Å². The van der Waals surface area contributed by atoms with Gasteiger partial charge in [0.2, 0.25) is 0 Å². The molecule has 0 aliphatic heterocycles. The molecule has 0 spiro atoms. The van der Waals surface area contributed by atoms with Crippen LogP contribution in [0.5, 0.6) is 0 Å². The van der Waals surface area contributed by atoms with Gasteiger partial charge in [-0.15, -0.1) is 0 Å². The molecule has 16 rings (SSSR count). The smallest absolute Gasteiger partial charge is 0.0702 e. The molecule has 0 radical (unpaired) electrons. The van der Waals surface area contributed by atoms with Crippen LogP contribution in [0.3, 0.4) is 0 Å². The second kappa shape index (κ2) is 18.6. The summed E-state index contributed by atoms with van der Waals surface area (Å²) in [6.45, 7) is 0. The van der Waals surface area contributed by atoms with Crippen molar-refractivity contribution in [2.75, 3.05) is 0 Å². The number of nitrogens with zero attached hydrogens (tertiary/aromatic N) is 2. The van der Waals surface area contributed by atoms with Crippen LogP contribution in [-0.2, 0) is 0 Å². The highest BCUT2D eigenvalue weighted by molar-refractivity contribution is 6.23. The zero-order valence-corrected chi connectivity index (χ0v) is 43.6. The third-order valence-corrected chi connectivity index (χ3v) is 16.6. The number of fused-ring (bicyclic) bond motifs is 8. The first-order valence-electron chi connectivity index (χ1n) is 27.5. The molecular weight excluding hydrogens is 965 g/mol. The van der Waals surface area contributed by atoms with E-state index in [4.69, 9.17) is 9.97 Å². The summed E-state index contributed by atoms with van der Waals surface area (Å²) >= 11 is 0. The molecule has 2 aromatic heterocycles. The molecular formula is C78H48N2. The summed E-state index contributed by atoms with van der Waals surface area (Å²) in [5.41, 5.74) is 16.1. The molecule has 16 aromatic rings. The highest BCUT2D eigenvalue weighted by Gasteiger charge is 2.20. The van der Waals surface area contributed by atoms with E-state index in [9.17, 15) is 0 Å². The molecule has 0 bridgehead atoms. The topological polar surface area (TPSA) is 25.8 Å². The van der Waals surface area contributed by atoms with E-state index in [1.807, 2.05) is 6.20 Å². The zero-order valence-electron chi connectivity index (χ0n) is 43.6. The number of hydrogen-bond acceptors (Lipinski definition) is 2. The predicted octanol–water partition coefficient (Wildman–Crippen LogP) is 21.4. The third-order valence-electron chi connectivity index (χ3n) is 16.6. The van der Waals surface area contributed by atoms with E-state index >= 15 is 0 Å². The van der Waals surface area contributed by atoms with E-state index < -0.39 is 0 Å². The standard InChI is InChI=1S/C78H48N2/c1-3-15-51-43-59(33-25-49(51)13-1)73-39-37-63(47-79-73)78-71-23-11-7-19-67(71)76(68-20-8-12-24-72(68)78)62-36-32-56-42-54(28-30-58(56)46-62)53-27-29-57-44-60(34-31-55(57)41-53)74-40-38-64(48-80-74)77-69-21-9-5-17-65(69)75(66-18-6-10-22-70(66)77)61-35-26-50-14-2-4-16-52(50)45-61/h1-48H. The molecule has 2 heterocycles. The molecule has 80 heavy (non-hydrogen) atoms. The van der Waals surface area contributed by atoms with Gasteiger partial charge in [0.25, 0.3) is 0 Å². The lowest BCUT2D eigenvalue weighted by Crippen LogP contribution is -1.92. The van der Waals surface area contributed by atoms with Gasteiger partial charge in [-0.25, -0.2) is 0 Å². The first-order chi connectivity index (χ1) is 39.6. The van der Waals surface area contributed by atoms with E-state index in [0.717, 1.165) is 33.6 Å². The van der Waals surface area contributed by atoms with Crippen molar-refractivity contribution in [1.82, 2.24) is 9.97 Å². The van der Waals surface area contributed by atoms with E-state index in [-0.39, 0.29) is 0 Å². The van der Waals surface area contributed by atoms with Gasteiger partial charge in [-0.1, -0.05) is 231 Å². The Kier molecular flexibility index (Phi) is 10.6. The fraction of sp³-hybridized carbons (Fsp3) is 0. The lowest BCUT2D eigenvalue weighted by atomic mass is 9.85. The summed E-state index contributed by atoms with van der Waals surface area (Å²) in [4.78, 5) is 10.2. The number of rotatable bonds is 7. The predicted molar refractivity (Wildman–Crippen MR) is 340 cm³/mol. The van der Waals surface area contributed by atoms with Crippen LogP contribution in [-0.4, -0.2) is 9.97 Å². The monoisotopic (exact) mass is 1010 g/mol. The number of aromatic nitrogens is 2. The Balaban J connectivity index is 0.696. The summed E-state index contributed by atoms with van der Waals surface area (Å²) < 4.78 is 0. The Hall–Kier alpha value is -10.5. The van der Waals surface area contributed by atoms with Crippen LogP contribution >= 0.6 is 0 Å². The van der Waals surface area contributed by atoms with Crippen LogP contribution in [0.4, 0.5) is 0 Å². The number of hydrogen-bond donors (Lipinski definition) is 0. The van der Waals surface area contributed by atoms with E-state index in [1.54, 1.807) is 0 Å². The maximum Gasteiger partial charge on any atom is 0.0702 e. The first kappa shape index (κ1) is 45.6. The van der Waals surface area contributed by atoms with Crippen molar-refractivity contribution in [2.24, 2.45) is 0 Å². The van der Waals surface area contributed by atoms with Crippen molar-refractivity contribution in [1.29, 1.82) is 0 Å².